The number of nitrogens with zero attached hydrogens (tertiary/aromatic N) is 5. The lowest BCUT2D eigenvalue weighted by Gasteiger charge is -2.25. The van der Waals surface area contributed by atoms with Crippen LogP contribution in [0.4, 0.5) is 5.69 Å². The van der Waals surface area contributed by atoms with Gasteiger partial charge < -0.3 is 9.13 Å². The summed E-state index contributed by atoms with van der Waals surface area (Å²) in [4.78, 5) is 9.83. The molecule has 0 aliphatic carbocycles. The largest absolute Gasteiger partial charge is 0.304 e. The van der Waals surface area contributed by atoms with Gasteiger partial charge in [0, 0.05) is 69.8 Å². The second-order valence-corrected chi connectivity index (χ2v) is 19.6. The van der Waals surface area contributed by atoms with Crippen molar-refractivity contribution in [3.8, 4) is 39.7 Å². The maximum Gasteiger partial charge on any atom is 0.220 e. The number of pyridine rings is 1. The Bertz CT molecular complexity index is 4530. The standard InChI is InChI=1S/C61H31N5S2/c1-63-54-50(34-15-4-2-5-16-34)46(33-62)55(51(35-17-6-3-7-18-35)58(54)65-47-24-14-23-40-36-19-8-9-20-37(36)41-31-32-64-61(65)53(41)52(40)47)66-56-42(27-29-44-38-21-10-12-25-48(38)67-59(44)56)43-28-30-45-39-22-11-13-26-49(39)68-60(45)57(43)66/h2-32H. The van der Waals surface area contributed by atoms with E-state index >= 15 is 0 Å². The van der Waals surface area contributed by atoms with Gasteiger partial charge in [0.1, 0.15) is 11.7 Å². The van der Waals surface area contributed by atoms with E-state index in [2.05, 4.69) is 166 Å². The Labute approximate surface area is 396 Å². The van der Waals surface area contributed by atoms with Gasteiger partial charge in [-0.15, -0.1) is 22.7 Å². The molecule has 0 spiro atoms. The van der Waals surface area contributed by atoms with Crippen LogP contribution in [0.2, 0.25) is 0 Å². The van der Waals surface area contributed by atoms with Gasteiger partial charge in [0.25, 0.3) is 0 Å². The predicted molar refractivity (Wildman–Crippen MR) is 287 cm³/mol. The van der Waals surface area contributed by atoms with E-state index in [1.54, 1.807) is 22.7 Å². The quantitative estimate of drug-likeness (QED) is 0.131. The fourth-order valence-electron chi connectivity index (χ4n) is 11.5. The topological polar surface area (TPSA) is 50.9 Å². The summed E-state index contributed by atoms with van der Waals surface area (Å²) in [5, 5.41) is 25.8. The third kappa shape index (κ3) is 4.78. The van der Waals surface area contributed by atoms with Crippen molar-refractivity contribution in [3.05, 3.63) is 205 Å². The molecule has 0 fully saturated rings. The van der Waals surface area contributed by atoms with Gasteiger partial charge in [0.05, 0.1) is 49.5 Å². The zero-order valence-electron chi connectivity index (χ0n) is 36.0. The van der Waals surface area contributed by atoms with Gasteiger partial charge in [-0.1, -0.05) is 158 Å². The average molecular weight is 898 g/mol. The lowest BCUT2D eigenvalue weighted by molar-refractivity contribution is 1.12. The van der Waals surface area contributed by atoms with Crippen molar-refractivity contribution < 1.29 is 0 Å². The summed E-state index contributed by atoms with van der Waals surface area (Å²) in [6.45, 7) is 9.35. The van der Waals surface area contributed by atoms with E-state index in [0.29, 0.717) is 22.5 Å². The molecule has 0 bridgehead atoms. The molecule has 312 valence electrons. The molecule has 0 unspecified atom stereocenters. The van der Waals surface area contributed by atoms with E-state index in [1.807, 2.05) is 42.6 Å². The predicted octanol–water partition coefficient (Wildman–Crippen LogP) is 17.5. The molecule has 0 amide bonds. The Kier molecular flexibility index (Phi) is 7.61. The lowest BCUT2D eigenvalue weighted by Crippen LogP contribution is -2.09. The van der Waals surface area contributed by atoms with Crippen LogP contribution < -0.4 is 0 Å². The minimum absolute atomic E-state index is 0.392. The highest BCUT2D eigenvalue weighted by Crippen LogP contribution is 2.55. The molecule has 0 aliphatic heterocycles. The van der Waals surface area contributed by atoms with Crippen molar-refractivity contribution in [1.82, 2.24) is 14.1 Å². The molecule has 15 rings (SSSR count). The van der Waals surface area contributed by atoms with Gasteiger partial charge in [-0.25, -0.2) is 9.83 Å². The summed E-state index contributed by atoms with van der Waals surface area (Å²) < 4.78 is 9.36. The average Bonchev–Trinajstić information content (AvgIpc) is 4.16. The van der Waals surface area contributed by atoms with Crippen molar-refractivity contribution in [2.75, 3.05) is 0 Å². The first-order valence-electron chi connectivity index (χ1n) is 22.6. The third-order valence-corrected chi connectivity index (χ3v) is 16.6. The zero-order chi connectivity index (χ0) is 44.8. The van der Waals surface area contributed by atoms with Crippen LogP contribution in [0, 0.1) is 17.9 Å². The summed E-state index contributed by atoms with van der Waals surface area (Å²) in [5.74, 6) is 0. The van der Waals surface area contributed by atoms with Crippen LogP contribution in [0.1, 0.15) is 5.56 Å². The van der Waals surface area contributed by atoms with Crippen molar-refractivity contribution in [2.45, 2.75) is 0 Å². The fourth-order valence-corrected chi connectivity index (χ4v) is 14.0. The van der Waals surface area contributed by atoms with E-state index < -0.39 is 0 Å². The number of fused-ring (bicyclic) bond motifs is 14. The fraction of sp³-hybridized carbons (Fsp3) is 0. The second-order valence-electron chi connectivity index (χ2n) is 17.5. The molecule has 5 heterocycles. The van der Waals surface area contributed by atoms with Crippen LogP contribution in [0.15, 0.2) is 188 Å². The number of hydrogen-bond acceptors (Lipinski definition) is 4. The van der Waals surface area contributed by atoms with E-state index in [1.165, 1.54) is 36.3 Å². The van der Waals surface area contributed by atoms with Crippen molar-refractivity contribution in [3.63, 3.8) is 0 Å². The summed E-state index contributed by atoms with van der Waals surface area (Å²) in [7, 11) is 0. The van der Waals surface area contributed by atoms with Gasteiger partial charge in [-0.2, -0.15) is 5.26 Å². The van der Waals surface area contributed by atoms with E-state index in [4.69, 9.17) is 4.98 Å². The Morgan fingerprint density at radius 1 is 0.456 bits per heavy atom. The van der Waals surface area contributed by atoms with Crippen LogP contribution in [-0.2, 0) is 0 Å². The molecule has 0 radical (unpaired) electrons. The van der Waals surface area contributed by atoms with Gasteiger partial charge in [-0.05, 0) is 56.9 Å². The lowest BCUT2D eigenvalue weighted by atomic mass is 9.88. The normalized spacial score (nSPS) is 12.1. The molecular weight excluding hydrogens is 867 g/mol. The number of thiophene rings is 2. The number of rotatable bonds is 4. The van der Waals surface area contributed by atoms with E-state index in [9.17, 15) is 11.8 Å². The zero-order valence-corrected chi connectivity index (χ0v) is 37.6. The van der Waals surface area contributed by atoms with Crippen LogP contribution in [0.5, 0.6) is 0 Å². The van der Waals surface area contributed by atoms with Crippen LogP contribution in [-0.4, -0.2) is 14.1 Å². The Morgan fingerprint density at radius 3 is 1.56 bits per heavy atom. The van der Waals surface area contributed by atoms with Crippen molar-refractivity contribution >= 4 is 134 Å². The Morgan fingerprint density at radius 2 is 0.971 bits per heavy atom. The number of nitriles is 1. The third-order valence-electron chi connectivity index (χ3n) is 14.2. The Hall–Kier alpha value is -8.85. The first kappa shape index (κ1) is 37.4. The van der Waals surface area contributed by atoms with Gasteiger partial charge in [0.2, 0.25) is 5.69 Å². The van der Waals surface area contributed by atoms with E-state index in [0.717, 1.165) is 91.7 Å². The molecule has 0 atom stereocenters. The minimum atomic E-state index is 0.392. The van der Waals surface area contributed by atoms with Gasteiger partial charge in [0.15, 0.2) is 0 Å². The summed E-state index contributed by atoms with van der Waals surface area (Å²) >= 11 is 3.59. The number of aromatic nitrogens is 3. The van der Waals surface area contributed by atoms with Crippen molar-refractivity contribution in [2.24, 2.45) is 0 Å². The monoisotopic (exact) mass is 897 g/mol. The molecule has 0 aliphatic rings. The molecule has 10 aromatic carbocycles. The number of hydrogen-bond donors (Lipinski definition) is 0. The molecule has 0 N–H and O–H groups in total. The molecule has 0 saturated carbocycles. The van der Waals surface area contributed by atoms with E-state index in [-0.39, 0.29) is 0 Å². The number of benzene rings is 10. The summed E-state index contributed by atoms with van der Waals surface area (Å²) in [6, 6.07) is 66.9. The SMILES string of the molecule is [C-]#[N+]c1c(-c2ccccc2)c(C#N)c(-n2c3c(ccc4c5ccccc5sc43)c3ccc4c5ccccc5sc4c32)c(-c2ccccc2)c1-n1c2cccc3c4ccccc4c4ccnc1c4c32. The molecular formula is C61H31N5S2. The van der Waals surface area contributed by atoms with Gasteiger partial charge >= 0.3 is 0 Å². The van der Waals surface area contributed by atoms with Crippen LogP contribution in [0.3, 0.4) is 0 Å². The highest BCUT2D eigenvalue weighted by Gasteiger charge is 2.34. The van der Waals surface area contributed by atoms with Crippen molar-refractivity contribution in [1.29, 1.82) is 5.26 Å². The molecule has 15 aromatic rings. The highest BCUT2D eigenvalue weighted by molar-refractivity contribution is 7.27. The van der Waals surface area contributed by atoms with Crippen LogP contribution >= 0.6 is 22.7 Å². The maximum atomic E-state index is 12.1. The summed E-state index contributed by atoms with van der Waals surface area (Å²) in [5.41, 5.74) is 9.10. The first-order valence-corrected chi connectivity index (χ1v) is 24.2. The first-order chi connectivity index (χ1) is 33.7. The van der Waals surface area contributed by atoms with Gasteiger partial charge in [-0.3, -0.25) is 0 Å². The van der Waals surface area contributed by atoms with Crippen LogP contribution in [0.25, 0.3) is 144 Å². The smallest absolute Gasteiger partial charge is 0.220 e. The second kappa shape index (κ2) is 13.8. The summed E-state index contributed by atoms with van der Waals surface area (Å²) in [6.07, 6.45) is 1.90. The maximum absolute atomic E-state index is 12.1. The molecule has 7 heteroatoms. The molecule has 68 heavy (non-hydrogen) atoms. The Balaban J connectivity index is 1.26. The molecule has 0 saturated heterocycles. The minimum Gasteiger partial charge on any atom is -0.304 e. The molecule has 5 aromatic heterocycles. The highest BCUT2D eigenvalue weighted by atomic mass is 32.1. The molecule has 5 nitrogen and oxygen atoms in total.